The normalized spacial score (nSPS) is 17.8. The van der Waals surface area contributed by atoms with Gasteiger partial charge in [0.05, 0.1) is 6.04 Å². The molecular formula is C9H15N3. The van der Waals surface area contributed by atoms with E-state index in [9.17, 15) is 0 Å². The highest BCUT2D eigenvalue weighted by Crippen LogP contribution is 2.31. The molecule has 1 aliphatic rings. The first-order valence-corrected chi connectivity index (χ1v) is 4.64. The Morgan fingerprint density at radius 2 is 2.42 bits per heavy atom. The molecule has 2 N–H and O–H groups in total. The molecule has 12 heavy (non-hydrogen) atoms. The monoisotopic (exact) mass is 165 g/mol. The van der Waals surface area contributed by atoms with Crippen molar-refractivity contribution in [2.75, 3.05) is 6.54 Å². The first kappa shape index (κ1) is 7.80. The zero-order valence-corrected chi connectivity index (χ0v) is 7.24. The van der Waals surface area contributed by atoms with Gasteiger partial charge >= 0.3 is 0 Å². The lowest BCUT2D eigenvalue weighted by Gasteiger charge is -2.27. The van der Waals surface area contributed by atoms with Crippen LogP contribution in [0.25, 0.3) is 0 Å². The SMILES string of the molecule is NCCc1ccnn1C1CCC1. The fourth-order valence-corrected chi connectivity index (χ4v) is 1.65. The molecule has 0 bridgehead atoms. The van der Waals surface area contributed by atoms with Crippen LogP contribution in [0.3, 0.4) is 0 Å². The number of rotatable bonds is 3. The molecule has 1 heterocycles. The fraction of sp³-hybridized carbons (Fsp3) is 0.667. The highest BCUT2D eigenvalue weighted by atomic mass is 15.3. The predicted molar refractivity (Wildman–Crippen MR) is 47.9 cm³/mol. The quantitative estimate of drug-likeness (QED) is 0.729. The van der Waals surface area contributed by atoms with Crippen molar-refractivity contribution in [1.29, 1.82) is 0 Å². The van der Waals surface area contributed by atoms with Gasteiger partial charge in [0.2, 0.25) is 0 Å². The van der Waals surface area contributed by atoms with Gasteiger partial charge in [-0.25, -0.2) is 0 Å². The van der Waals surface area contributed by atoms with Crippen LogP contribution in [0.1, 0.15) is 31.0 Å². The smallest absolute Gasteiger partial charge is 0.0522 e. The highest BCUT2D eigenvalue weighted by Gasteiger charge is 2.21. The van der Waals surface area contributed by atoms with Crippen LogP contribution in [0, 0.1) is 0 Å². The lowest BCUT2D eigenvalue weighted by Crippen LogP contribution is -2.21. The summed E-state index contributed by atoms with van der Waals surface area (Å²) in [6.07, 6.45) is 6.77. The molecule has 1 aliphatic carbocycles. The van der Waals surface area contributed by atoms with Gasteiger partial charge in [-0.05, 0) is 31.9 Å². The highest BCUT2D eigenvalue weighted by molar-refractivity contribution is 5.03. The molecule has 1 aromatic rings. The molecule has 2 rings (SSSR count). The van der Waals surface area contributed by atoms with Gasteiger partial charge in [-0.3, -0.25) is 4.68 Å². The van der Waals surface area contributed by atoms with Gasteiger partial charge < -0.3 is 5.73 Å². The molecule has 3 nitrogen and oxygen atoms in total. The van der Waals surface area contributed by atoms with E-state index in [2.05, 4.69) is 15.8 Å². The summed E-state index contributed by atoms with van der Waals surface area (Å²) < 4.78 is 2.15. The summed E-state index contributed by atoms with van der Waals surface area (Å²) in [5.41, 5.74) is 6.80. The third-order valence-corrected chi connectivity index (χ3v) is 2.57. The summed E-state index contributed by atoms with van der Waals surface area (Å²) in [6.45, 7) is 0.721. The van der Waals surface area contributed by atoms with Crippen LogP contribution >= 0.6 is 0 Å². The summed E-state index contributed by atoms with van der Waals surface area (Å²) in [4.78, 5) is 0. The van der Waals surface area contributed by atoms with E-state index in [0.717, 1.165) is 13.0 Å². The van der Waals surface area contributed by atoms with Crippen LogP contribution in [-0.2, 0) is 6.42 Å². The average Bonchev–Trinajstić information content (AvgIpc) is 2.35. The minimum Gasteiger partial charge on any atom is -0.330 e. The minimum absolute atomic E-state index is 0.668. The molecule has 0 spiro atoms. The second-order valence-electron chi connectivity index (χ2n) is 3.39. The zero-order valence-electron chi connectivity index (χ0n) is 7.24. The van der Waals surface area contributed by atoms with Gasteiger partial charge in [0.25, 0.3) is 0 Å². The van der Waals surface area contributed by atoms with Crippen molar-refractivity contribution in [1.82, 2.24) is 9.78 Å². The number of hydrogen-bond acceptors (Lipinski definition) is 2. The number of nitrogens with zero attached hydrogens (tertiary/aromatic N) is 2. The summed E-state index contributed by atoms with van der Waals surface area (Å²) in [7, 11) is 0. The van der Waals surface area contributed by atoms with E-state index < -0.39 is 0 Å². The van der Waals surface area contributed by atoms with E-state index in [1.807, 2.05) is 6.20 Å². The molecule has 0 unspecified atom stereocenters. The zero-order chi connectivity index (χ0) is 8.39. The Labute approximate surface area is 72.6 Å². The van der Waals surface area contributed by atoms with E-state index in [4.69, 9.17) is 5.73 Å². The van der Waals surface area contributed by atoms with Gasteiger partial charge in [0.15, 0.2) is 0 Å². The Bertz CT molecular complexity index is 250. The lowest BCUT2D eigenvalue weighted by atomic mass is 9.93. The Kier molecular flexibility index (Phi) is 2.13. The molecule has 0 aromatic carbocycles. The standard InChI is InChI=1S/C9H15N3/c10-6-4-9-5-7-11-12(9)8-2-1-3-8/h5,7-8H,1-4,6,10H2. The molecule has 0 radical (unpaired) electrons. The summed E-state index contributed by atoms with van der Waals surface area (Å²) in [5.74, 6) is 0. The van der Waals surface area contributed by atoms with Crippen molar-refractivity contribution >= 4 is 0 Å². The van der Waals surface area contributed by atoms with Gasteiger partial charge in [-0.2, -0.15) is 5.10 Å². The van der Waals surface area contributed by atoms with Gasteiger partial charge in [-0.15, -0.1) is 0 Å². The van der Waals surface area contributed by atoms with Crippen molar-refractivity contribution < 1.29 is 0 Å². The van der Waals surface area contributed by atoms with Crippen LogP contribution < -0.4 is 5.73 Å². The first-order valence-electron chi connectivity index (χ1n) is 4.64. The van der Waals surface area contributed by atoms with Crippen molar-refractivity contribution in [2.45, 2.75) is 31.7 Å². The minimum atomic E-state index is 0.668. The molecule has 1 fully saturated rings. The second-order valence-corrected chi connectivity index (χ2v) is 3.39. The summed E-state index contributed by atoms with van der Waals surface area (Å²) >= 11 is 0. The second kappa shape index (κ2) is 3.27. The van der Waals surface area contributed by atoms with Crippen molar-refractivity contribution in [3.8, 4) is 0 Å². The molecule has 0 amide bonds. The number of aromatic nitrogens is 2. The topological polar surface area (TPSA) is 43.8 Å². The van der Waals surface area contributed by atoms with Gasteiger partial charge in [0.1, 0.15) is 0 Å². The molecule has 0 saturated heterocycles. The van der Waals surface area contributed by atoms with Crippen molar-refractivity contribution in [2.24, 2.45) is 5.73 Å². The molecule has 1 aromatic heterocycles. The summed E-state index contributed by atoms with van der Waals surface area (Å²) in [5, 5.41) is 4.32. The third-order valence-electron chi connectivity index (χ3n) is 2.57. The van der Waals surface area contributed by atoms with Crippen LogP contribution in [0.15, 0.2) is 12.3 Å². The van der Waals surface area contributed by atoms with Crippen LogP contribution in [0.2, 0.25) is 0 Å². The van der Waals surface area contributed by atoms with Crippen molar-refractivity contribution in [3.63, 3.8) is 0 Å². The molecule has 3 heteroatoms. The van der Waals surface area contributed by atoms with E-state index >= 15 is 0 Å². The predicted octanol–water partition coefficient (Wildman–Crippen LogP) is 1.11. The molecular weight excluding hydrogens is 150 g/mol. The molecule has 1 saturated carbocycles. The fourth-order valence-electron chi connectivity index (χ4n) is 1.65. The maximum atomic E-state index is 5.51. The van der Waals surface area contributed by atoms with Gasteiger partial charge in [0, 0.05) is 18.3 Å². The third kappa shape index (κ3) is 1.25. The van der Waals surface area contributed by atoms with E-state index in [1.165, 1.54) is 25.0 Å². The Hall–Kier alpha value is -0.830. The Morgan fingerprint density at radius 1 is 1.58 bits per heavy atom. The lowest BCUT2D eigenvalue weighted by molar-refractivity contribution is 0.282. The molecule has 0 aliphatic heterocycles. The number of nitrogens with two attached hydrogens (primary N) is 1. The molecule has 66 valence electrons. The summed E-state index contributed by atoms with van der Waals surface area (Å²) in [6, 6.07) is 2.74. The maximum absolute atomic E-state index is 5.51. The average molecular weight is 165 g/mol. The van der Waals surface area contributed by atoms with Crippen LogP contribution in [0.4, 0.5) is 0 Å². The van der Waals surface area contributed by atoms with E-state index in [1.54, 1.807) is 0 Å². The van der Waals surface area contributed by atoms with Crippen LogP contribution in [-0.4, -0.2) is 16.3 Å². The Balaban J connectivity index is 2.12. The largest absolute Gasteiger partial charge is 0.330 e. The van der Waals surface area contributed by atoms with E-state index in [0.29, 0.717) is 6.04 Å². The van der Waals surface area contributed by atoms with Gasteiger partial charge in [-0.1, -0.05) is 0 Å². The van der Waals surface area contributed by atoms with E-state index in [-0.39, 0.29) is 0 Å². The number of hydrogen-bond donors (Lipinski definition) is 1. The Morgan fingerprint density at radius 3 is 3.00 bits per heavy atom. The maximum Gasteiger partial charge on any atom is 0.0522 e. The van der Waals surface area contributed by atoms with Crippen molar-refractivity contribution in [3.05, 3.63) is 18.0 Å². The molecule has 0 atom stereocenters. The first-order chi connectivity index (χ1) is 5.92. The van der Waals surface area contributed by atoms with Crippen LogP contribution in [0.5, 0.6) is 0 Å².